The van der Waals surface area contributed by atoms with Crippen LogP contribution in [-0.4, -0.2) is 72.3 Å². The van der Waals surface area contributed by atoms with Gasteiger partial charge in [0.1, 0.15) is 0 Å². The average Bonchev–Trinajstić information content (AvgIpc) is 3.00. The van der Waals surface area contributed by atoms with Crippen LogP contribution >= 0.6 is 11.8 Å². The van der Waals surface area contributed by atoms with Gasteiger partial charge in [-0.15, -0.1) is 11.8 Å². The lowest BCUT2D eigenvalue weighted by atomic mass is 9.86. The number of aromatic nitrogens is 1. The van der Waals surface area contributed by atoms with Crippen molar-refractivity contribution in [2.45, 2.75) is 42.9 Å². The molecule has 3 heterocycles. The fourth-order valence-electron chi connectivity index (χ4n) is 6.16. The summed E-state index contributed by atoms with van der Waals surface area (Å²) in [5, 5.41) is 3.06. The minimum absolute atomic E-state index is 0.0169. The number of anilines is 2. The quantitative estimate of drug-likeness (QED) is 0.294. The molecule has 2 saturated heterocycles. The first-order valence-corrected chi connectivity index (χ1v) is 15.7. The molecule has 0 bridgehead atoms. The van der Waals surface area contributed by atoms with Crippen LogP contribution in [0, 0.1) is 5.92 Å². The molecule has 3 aromatic rings. The SMILES string of the molecule is CSc1cccc(NC(=O)CC[C@H]2CN(Cc3ccccn3)CC[C@H]2N2CCN(c3cccc(C(F)(F)F)c3)CC2)c1. The maximum Gasteiger partial charge on any atom is 0.416 e. The number of carbonyl (C=O) groups is 1. The Bertz CT molecular complexity index is 1320. The fourth-order valence-corrected chi connectivity index (χ4v) is 6.61. The molecule has 0 saturated carbocycles. The summed E-state index contributed by atoms with van der Waals surface area (Å²) >= 11 is 1.64. The van der Waals surface area contributed by atoms with Crippen LogP contribution in [0.4, 0.5) is 24.5 Å². The second kappa shape index (κ2) is 13.9. The molecule has 2 aliphatic rings. The molecule has 0 spiro atoms. The topological polar surface area (TPSA) is 51.7 Å². The van der Waals surface area contributed by atoms with Crippen LogP contribution in [-0.2, 0) is 17.5 Å². The summed E-state index contributed by atoms with van der Waals surface area (Å²) in [4.78, 5) is 25.6. The normalized spacial score (nSPS) is 20.4. The number of likely N-dealkylation sites (tertiary alicyclic amines) is 1. The van der Waals surface area contributed by atoms with Gasteiger partial charge in [-0.05, 0) is 73.5 Å². The van der Waals surface area contributed by atoms with Crippen molar-refractivity contribution in [3.05, 3.63) is 84.2 Å². The van der Waals surface area contributed by atoms with E-state index < -0.39 is 11.7 Å². The van der Waals surface area contributed by atoms with E-state index in [1.807, 2.05) is 59.8 Å². The molecule has 0 aliphatic carbocycles. The molecule has 2 aliphatic heterocycles. The molecule has 2 aromatic carbocycles. The van der Waals surface area contributed by atoms with Crippen molar-refractivity contribution in [3.8, 4) is 0 Å². The Balaban J connectivity index is 1.22. The highest BCUT2D eigenvalue weighted by molar-refractivity contribution is 7.98. The number of piperidine rings is 1. The Kier molecular flexibility index (Phi) is 10.1. The van der Waals surface area contributed by atoms with E-state index in [0.717, 1.165) is 67.9 Å². The minimum atomic E-state index is -4.35. The third-order valence-corrected chi connectivity index (χ3v) is 9.03. The van der Waals surface area contributed by atoms with E-state index in [0.29, 0.717) is 37.2 Å². The highest BCUT2D eigenvalue weighted by atomic mass is 32.2. The summed E-state index contributed by atoms with van der Waals surface area (Å²) in [7, 11) is 0. The number of hydrogen-bond donors (Lipinski definition) is 1. The number of carbonyl (C=O) groups excluding carboxylic acids is 1. The number of rotatable bonds is 9. The number of thioether (sulfide) groups is 1. The molecular weight excluding hydrogens is 559 g/mol. The van der Waals surface area contributed by atoms with Gasteiger partial charge in [-0.25, -0.2) is 0 Å². The second-order valence-electron chi connectivity index (χ2n) is 11.1. The minimum Gasteiger partial charge on any atom is -0.369 e. The smallest absolute Gasteiger partial charge is 0.369 e. The summed E-state index contributed by atoms with van der Waals surface area (Å²) in [6.45, 7) is 5.52. The number of halogens is 3. The number of alkyl halides is 3. The lowest BCUT2D eigenvalue weighted by molar-refractivity contribution is -0.137. The van der Waals surface area contributed by atoms with Crippen LogP contribution in [0.25, 0.3) is 0 Å². The molecule has 10 heteroatoms. The van der Waals surface area contributed by atoms with E-state index in [1.165, 1.54) is 12.1 Å². The van der Waals surface area contributed by atoms with Crippen LogP contribution in [0.2, 0.25) is 0 Å². The van der Waals surface area contributed by atoms with Gasteiger partial charge < -0.3 is 10.2 Å². The standard InChI is InChI=1S/C32H38F3N5OS/c1-42-29-10-5-8-26(21-29)37-31(41)12-11-24-22-38(23-27-7-2-3-14-36-27)15-13-30(24)40-18-16-39(17-19-40)28-9-4-6-25(20-28)32(33,34)35/h2-10,14,20-21,24,30H,11-13,15-19,22-23H2,1H3,(H,37,41)/t24-,30+/m0/s1. The maximum atomic E-state index is 13.3. The zero-order chi connectivity index (χ0) is 29.5. The molecule has 42 heavy (non-hydrogen) atoms. The first-order chi connectivity index (χ1) is 20.3. The molecule has 0 radical (unpaired) electrons. The van der Waals surface area contributed by atoms with E-state index in [-0.39, 0.29) is 5.91 Å². The van der Waals surface area contributed by atoms with Crippen molar-refractivity contribution in [2.75, 3.05) is 55.7 Å². The summed E-state index contributed by atoms with van der Waals surface area (Å²) in [6, 6.07) is 19.8. The molecule has 1 amide bonds. The Morgan fingerprint density at radius 3 is 2.55 bits per heavy atom. The van der Waals surface area contributed by atoms with Crippen LogP contribution in [0.15, 0.2) is 77.8 Å². The van der Waals surface area contributed by atoms with Gasteiger partial charge in [0.25, 0.3) is 0 Å². The lowest BCUT2D eigenvalue weighted by Gasteiger charge is -2.47. The molecule has 5 rings (SSSR count). The summed E-state index contributed by atoms with van der Waals surface area (Å²) in [6.07, 6.45) is 1.68. The first-order valence-electron chi connectivity index (χ1n) is 14.5. The summed E-state index contributed by atoms with van der Waals surface area (Å²) < 4.78 is 39.8. The maximum absolute atomic E-state index is 13.3. The van der Waals surface area contributed by atoms with Gasteiger partial charge >= 0.3 is 6.18 Å². The number of nitrogens with one attached hydrogen (secondary N) is 1. The molecule has 2 fully saturated rings. The fraction of sp³-hybridized carbons (Fsp3) is 0.438. The molecular formula is C32H38F3N5OS. The second-order valence-corrected chi connectivity index (χ2v) is 11.9. The molecule has 6 nitrogen and oxygen atoms in total. The van der Waals surface area contributed by atoms with Crippen molar-refractivity contribution in [3.63, 3.8) is 0 Å². The summed E-state index contributed by atoms with van der Waals surface area (Å²) in [5.74, 6) is 0.314. The van der Waals surface area contributed by atoms with E-state index in [2.05, 4.69) is 20.1 Å². The highest BCUT2D eigenvalue weighted by Gasteiger charge is 2.36. The summed E-state index contributed by atoms with van der Waals surface area (Å²) in [5.41, 5.74) is 1.86. The van der Waals surface area contributed by atoms with Crippen molar-refractivity contribution in [2.24, 2.45) is 5.92 Å². The number of amides is 1. The Morgan fingerprint density at radius 1 is 1.00 bits per heavy atom. The molecule has 1 aromatic heterocycles. The van der Waals surface area contributed by atoms with E-state index >= 15 is 0 Å². The number of piperazine rings is 1. The van der Waals surface area contributed by atoms with Crippen molar-refractivity contribution in [1.29, 1.82) is 0 Å². The monoisotopic (exact) mass is 597 g/mol. The van der Waals surface area contributed by atoms with Gasteiger partial charge in [-0.2, -0.15) is 13.2 Å². The van der Waals surface area contributed by atoms with Gasteiger partial charge in [0.2, 0.25) is 5.91 Å². The number of pyridine rings is 1. The van der Waals surface area contributed by atoms with E-state index in [4.69, 9.17) is 0 Å². The van der Waals surface area contributed by atoms with Crippen LogP contribution in [0.5, 0.6) is 0 Å². The van der Waals surface area contributed by atoms with Crippen molar-refractivity contribution in [1.82, 2.24) is 14.8 Å². The Morgan fingerprint density at radius 2 is 1.81 bits per heavy atom. The van der Waals surface area contributed by atoms with E-state index in [9.17, 15) is 18.0 Å². The van der Waals surface area contributed by atoms with Gasteiger partial charge in [-0.3, -0.25) is 19.6 Å². The highest BCUT2D eigenvalue weighted by Crippen LogP contribution is 2.33. The third kappa shape index (κ3) is 8.05. The predicted octanol–water partition coefficient (Wildman–Crippen LogP) is 6.25. The number of nitrogens with zero attached hydrogens (tertiary/aromatic N) is 4. The van der Waals surface area contributed by atoms with Gasteiger partial charge in [0.05, 0.1) is 11.3 Å². The van der Waals surface area contributed by atoms with Gasteiger partial charge in [0.15, 0.2) is 0 Å². The Labute approximate surface area is 250 Å². The van der Waals surface area contributed by atoms with Crippen molar-refractivity contribution >= 4 is 29.0 Å². The predicted molar refractivity (Wildman–Crippen MR) is 163 cm³/mol. The van der Waals surface area contributed by atoms with Crippen LogP contribution < -0.4 is 10.2 Å². The Hall–Kier alpha value is -3.08. The average molecular weight is 598 g/mol. The molecule has 2 atom stereocenters. The zero-order valence-electron chi connectivity index (χ0n) is 23.9. The number of benzene rings is 2. The first kappa shape index (κ1) is 30.4. The lowest BCUT2D eigenvalue weighted by Crippen LogP contribution is -2.56. The van der Waals surface area contributed by atoms with Crippen LogP contribution in [0.1, 0.15) is 30.5 Å². The molecule has 0 unspecified atom stereocenters. The number of hydrogen-bond acceptors (Lipinski definition) is 6. The molecule has 1 N–H and O–H groups in total. The zero-order valence-corrected chi connectivity index (χ0v) is 24.7. The van der Waals surface area contributed by atoms with Gasteiger partial charge in [-0.1, -0.05) is 18.2 Å². The third-order valence-electron chi connectivity index (χ3n) is 8.31. The van der Waals surface area contributed by atoms with Crippen LogP contribution in [0.3, 0.4) is 0 Å². The largest absolute Gasteiger partial charge is 0.416 e. The van der Waals surface area contributed by atoms with E-state index in [1.54, 1.807) is 17.8 Å². The molecule has 224 valence electrons. The van der Waals surface area contributed by atoms with Gasteiger partial charge in [0, 0.05) is 80.7 Å². The van der Waals surface area contributed by atoms with Crippen molar-refractivity contribution < 1.29 is 18.0 Å².